The Morgan fingerprint density at radius 3 is 2.81 bits per heavy atom. The lowest BCUT2D eigenvalue weighted by Gasteiger charge is -2.11. The van der Waals surface area contributed by atoms with Crippen molar-refractivity contribution in [2.45, 2.75) is 0 Å². The number of hydrazine groups is 1. The van der Waals surface area contributed by atoms with Crippen LogP contribution in [0.4, 0.5) is 0 Å². The number of thiocarbonyl (C=S) groups is 1. The molecule has 0 atom stereocenters. The SMILES string of the molecule is O=C(/C=C/c1cccs1)NC(=S)NNC(=O)COc1ccc(Br)cc1Cl. The standard InChI is InChI=1S/C16H13BrClN3O3S2/c17-10-3-5-13(12(18)8-10)24-9-15(23)20-21-16(25)19-14(22)6-4-11-2-1-7-26-11/h1-8H,9H2,(H,20,23)(H2,19,21,22,25)/b6-4+. The van der Waals surface area contributed by atoms with E-state index in [4.69, 9.17) is 28.6 Å². The minimum Gasteiger partial charge on any atom is -0.482 e. The molecule has 0 saturated heterocycles. The smallest absolute Gasteiger partial charge is 0.276 e. The van der Waals surface area contributed by atoms with Crippen molar-refractivity contribution in [1.82, 2.24) is 16.2 Å². The first-order valence-electron chi connectivity index (χ1n) is 7.13. The van der Waals surface area contributed by atoms with E-state index in [1.54, 1.807) is 24.3 Å². The maximum absolute atomic E-state index is 11.7. The number of thiophene rings is 1. The highest BCUT2D eigenvalue weighted by Crippen LogP contribution is 2.27. The highest BCUT2D eigenvalue weighted by Gasteiger charge is 2.07. The number of amides is 2. The minimum atomic E-state index is -0.491. The van der Waals surface area contributed by atoms with Gasteiger partial charge < -0.3 is 4.74 Å². The van der Waals surface area contributed by atoms with Crippen LogP contribution in [-0.2, 0) is 9.59 Å². The molecule has 0 aliphatic heterocycles. The molecule has 3 N–H and O–H groups in total. The number of benzene rings is 1. The number of carbonyl (C=O) groups is 2. The van der Waals surface area contributed by atoms with Gasteiger partial charge in [0.1, 0.15) is 5.75 Å². The maximum Gasteiger partial charge on any atom is 0.276 e. The van der Waals surface area contributed by atoms with Crippen LogP contribution >= 0.6 is 51.1 Å². The maximum atomic E-state index is 11.7. The molecule has 10 heteroatoms. The third-order valence-electron chi connectivity index (χ3n) is 2.75. The molecule has 0 radical (unpaired) electrons. The molecular formula is C16H13BrClN3O3S2. The van der Waals surface area contributed by atoms with Crippen molar-refractivity contribution in [2.75, 3.05) is 6.61 Å². The highest BCUT2D eigenvalue weighted by molar-refractivity contribution is 9.10. The molecular weight excluding hydrogens is 462 g/mol. The van der Waals surface area contributed by atoms with Gasteiger partial charge in [-0.3, -0.25) is 25.8 Å². The molecule has 0 saturated carbocycles. The second-order valence-corrected chi connectivity index (χ2v) is 7.41. The van der Waals surface area contributed by atoms with Crippen LogP contribution in [0.15, 0.2) is 46.3 Å². The van der Waals surface area contributed by atoms with E-state index in [-0.39, 0.29) is 11.7 Å². The number of halogens is 2. The van der Waals surface area contributed by atoms with E-state index >= 15 is 0 Å². The van der Waals surface area contributed by atoms with Gasteiger partial charge in [0.05, 0.1) is 5.02 Å². The normalized spacial score (nSPS) is 10.4. The third-order valence-corrected chi connectivity index (χ3v) is 4.58. The molecule has 2 rings (SSSR count). The summed E-state index contributed by atoms with van der Waals surface area (Å²) in [5.41, 5.74) is 4.73. The van der Waals surface area contributed by atoms with Crippen molar-refractivity contribution >= 4 is 74.1 Å². The first kappa shape index (κ1) is 20.4. The second kappa shape index (κ2) is 10.3. The zero-order chi connectivity index (χ0) is 18.9. The number of rotatable bonds is 5. The predicted octanol–water partition coefficient (Wildman–Crippen LogP) is 3.28. The lowest BCUT2D eigenvalue weighted by atomic mass is 10.3. The molecule has 0 aliphatic carbocycles. The van der Waals surface area contributed by atoms with Crippen LogP contribution < -0.4 is 20.9 Å². The molecule has 6 nitrogen and oxygen atoms in total. The van der Waals surface area contributed by atoms with E-state index in [1.807, 2.05) is 17.5 Å². The Bertz CT molecular complexity index is 828. The number of ether oxygens (including phenoxy) is 1. The Kier molecular flexibility index (Phi) is 8.05. The zero-order valence-corrected chi connectivity index (χ0v) is 17.1. The third kappa shape index (κ3) is 7.12. The predicted molar refractivity (Wildman–Crippen MR) is 110 cm³/mol. The van der Waals surface area contributed by atoms with Crippen LogP contribution in [0, 0.1) is 0 Å². The lowest BCUT2D eigenvalue weighted by Crippen LogP contribution is -2.49. The monoisotopic (exact) mass is 473 g/mol. The van der Waals surface area contributed by atoms with Gasteiger partial charge in [0.2, 0.25) is 5.91 Å². The molecule has 0 bridgehead atoms. The number of hydrogen-bond acceptors (Lipinski definition) is 5. The van der Waals surface area contributed by atoms with Crippen LogP contribution in [0.3, 0.4) is 0 Å². The van der Waals surface area contributed by atoms with Gasteiger partial charge in [0, 0.05) is 15.4 Å². The van der Waals surface area contributed by atoms with E-state index in [1.165, 1.54) is 17.4 Å². The summed E-state index contributed by atoms with van der Waals surface area (Å²) >= 11 is 15.7. The Morgan fingerprint density at radius 1 is 1.31 bits per heavy atom. The molecule has 0 unspecified atom stereocenters. The van der Waals surface area contributed by atoms with Crippen LogP contribution in [0.5, 0.6) is 5.75 Å². The fraction of sp³-hybridized carbons (Fsp3) is 0.0625. The number of carbonyl (C=O) groups excluding carboxylic acids is 2. The molecule has 136 valence electrons. The summed E-state index contributed by atoms with van der Waals surface area (Å²) in [5.74, 6) is -0.530. The summed E-state index contributed by atoms with van der Waals surface area (Å²) in [6.45, 7) is -0.275. The van der Waals surface area contributed by atoms with E-state index < -0.39 is 11.8 Å². The van der Waals surface area contributed by atoms with Gasteiger partial charge in [-0.25, -0.2) is 0 Å². The first-order valence-corrected chi connectivity index (χ1v) is 9.59. The lowest BCUT2D eigenvalue weighted by molar-refractivity contribution is -0.123. The Hall–Kier alpha value is -1.94. The minimum absolute atomic E-state index is 0.0409. The highest BCUT2D eigenvalue weighted by atomic mass is 79.9. The molecule has 1 heterocycles. The van der Waals surface area contributed by atoms with Gasteiger partial charge in [-0.15, -0.1) is 11.3 Å². The molecule has 1 aromatic carbocycles. The molecule has 1 aromatic heterocycles. The first-order chi connectivity index (χ1) is 12.4. The van der Waals surface area contributed by atoms with Crippen molar-refractivity contribution in [2.24, 2.45) is 0 Å². The molecule has 26 heavy (non-hydrogen) atoms. The van der Waals surface area contributed by atoms with Crippen molar-refractivity contribution < 1.29 is 14.3 Å². The number of nitrogens with one attached hydrogen (secondary N) is 3. The van der Waals surface area contributed by atoms with E-state index in [9.17, 15) is 9.59 Å². The average Bonchev–Trinajstić information content (AvgIpc) is 3.11. The summed E-state index contributed by atoms with van der Waals surface area (Å²) in [6.07, 6.45) is 3.01. The van der Waals surface area contributed by atoms with Gasteiger partial charge in [0.15, 0.2) is 11.7 Å². The largest absolute Gasteiger partial charge is 0.482 e. The Balaban J connectivity index is 1.69. The van der Waals surface area contributed by atoms with Crippen molar-refractivity contribution in [3.8, 4) is 5.75 Å². The average molecular weight is 475 g/mol. The summed E-state index contributed by atoms with van der Waals surface area (Å²) in [4.78, 5) is 24.4. The fourth-order valence-electron chi connectivity index (χ4n) is 1.63. The van der Waals surface area contributed by atoms with Crippen molar-refractivity contribution in [3.05, 3.63) is 56.2 Å². The second-order valence-electron chi connectivity index (χ2n) is 4.70. The molecule has 0 aliphatic rings. The van der Waals surface area contributed by atoms with Crippen LogP contribution in [-0.4, -0.2) is 23.5 Å². The van der Waals surface area contributed by atoms with Gasteiger partial charge in [0.25, 0.3) is 5.91 Å². The van der Waals surface area contributed by atoms with E-state index in [0.717, 1.165) is 9.35 Å². The van der Waals surface area contributed by atoms with E-state index in [0.29, 0.717) is 10.8 Å². The number of hydrogen-bond donors (Lipinski definition) is 3. The van der Waals surface area contributed by atoms with Gasteiger partial charge in [-0.1, -0.05) is 33.6 Å². The van der Waals surface area contributed by atoms with Crippen LogP contribution in [0.1, 0.15) is 4.88 Å². The van der Waals surface area contributed by atoms with Crippen LogP contribution in [0.25, 0.3) is 6.08 Å². The van der Waals surface area contributed by atoms with Crippen LogP contribution in [0.2, 0.25) is 5.02 Å². The Labute approximate surface area is 172 Å². The van der Waals surface area contributed by atoms with Gasteiger partial charge >= 0.3 is 0 Å². The van der Waals surface area contributed by atoms with Gasteiger partial charge in [-0.2, -0.15) is 0 Å². The summed E-state index contributed by atoms with van der Waals surface area (Å²) in [5, 5.41) is 4.64. The zero-order valence-electron chi connectivity index (χ0n) is 13.1. The molecule has 2 amide bonds. The van der Waals surface area contributed by atoms with Crippen molar-refractivity contribution in [3.63, 3.8) is 0 Å². The fourth-order valence-corrected chi connectivity index (χ4v) is 3.12. The topological polar surface area (TPSA) is 79.5 Å². The van der Waals surface area contributed by atoms with Crippen molar-refractivity contribution in [1.29, 1.82) is 0 Å². The summed E-state index contributed by atoms with van der Waals surface area (Å²) < 4.78 is 6.10. The molecule has 0 spiro atoms. The Morgan fingerprint density at radius 2 is 2.12 bits per heavy atom. The summed E-state index contributed by atoms with van der Waals surface area (Å²) in [6, 6.07) is 8.79. The summed E-state index contributed by atoms with van der Waals surface area (Å²) in [7, 11) is 0. The quantitative estimate of drug-likeness (QED) is 0.352. The van der Waals surface area contributed by atoms with Gasteiger partial charge in [-0.05, 0) is 47.9 Å². The molecule has 0 fully saturated rings. The van der Waals surface area contributed by atoms with E-state index in [2.05, 4.69) is 32.1 Å². The molecule has 2 aromatic rings.